The highest BCUT2D eigenvalue weighted by Crippen LogP contribution is 2.29. The van der Waals surface area contributed by atoms with E-state index in [1.54, 1.807) is 0 Å². The summed E-state index contributed by atoms with van der Waals surface area (Å²) in [5.41, 5.74) is 0. The Labute approximate surface area is 121 Å². The predicted molar refractivity (Wildman–Crippen MR) is 69.3 cm³/mol. The minimum absolute atomic E-state index is 0.169. The summed E-state index contributed by atoms with van der Waals surface area (Å²) in [6.45, 7) is 0. The Kier molecular flexibility index (Phi) is 4.33. The van der Waals surface area contributed by atoms with Gasteiger partial charge in [-0.1, -0.05) is 15.9 Å². The molecule has 1 aromatic carbocycles. The van der Waals surface area contributed by atoms with E-state index in [2.05, 4.69) is 25.9 Å². The third kappa shape index (κ3) is 3.13. The molecule has 0 aliphatic carbocycles. The van der Waals surface area contributed by atoms with Crippen LogP contribution >= 0.6 is 15.9 Å². The molecule has 0 unspecified atom stereocenters. The lowest BCUT2D eigenvalue weighted by Crippen LogP contribution is -1.99. The van der Waals surface area contributed by atoms with Crippen LogP contribution in [0.15, 0.2) is 22.7 Å². The molecule has 106 valence electrons. The maximum absolute atomic E-state index is 13.6. The van der Waals surface area contributed by atoms with Gasteiger partial charge in [0, 0.05) is 4.47 Å². The number of aromatic nitrogens is 2. The fraction of sp³-hybridized carbons (Fsp3) is 0.167. The van der Waals surface area contributed by atoms with Crippen LogP contribution < -0.4 is 14.2 Å². The monoisotopic (exact) mass is 346 g/mol. The minimum Gasteiger partial charge on any atom is -0.481 e. The Balaban J connectivity index is 2.39. The predicted octanol–water partition coefficient (Wildman–Crippen LogP) is 3.33. The van der Waals surface area contributed by atoms with Gasteiger partial charge in [0.2, 0.25) is 17.6 Å². The standard InChI is InChI=1S/C12H9BrF2N2O3/c1-18-9-5-10(19-2)17-12(16-9)20-8-4-6(13)3-7(14)11(8)15/h3-5H,1-2H3. The summed E-state index contributed by atoms with van der Waals surface area (Å²) in [7, 11) is 2.79. The summed E-state index contributed by atoms with van der Waals surface area (Å²) in [5.74, 6) is -2.21. The summed E-state index contributed by atoms with van der Waals surface area (Å²) >= 11 is 3.04. The molecule has 0 bridgehead atoms. The van der Waals surface area contributed by atoms with Crippen molar-refractivity contribution in [2.24, 2.45) is 0 Å². The summed E-state index contributed by atoms with van der Waals surface area (Å²) in [5, 5.41) is 0. The number of rotatable bonds is 4. The van der Waals surface area contributed by atoms with Crippen LogP contribution in [-0.4, -0.2) is 24.2 Å². The first kappa shape index (κ1) is 14.4. The number of methoxy groups -OCH3 is 2. The van der Waals surface area contributed by atoms with Crippen molar-refractivity contribution in [3.63, 3.8) is 0 Å². The molecular formula is C12H9BrF2N2O3. The third-order valence-corrected chi connectivity index (χ3v) is 2.70. The molecule has 0 atom stereocenters. The summed E-state index contributed by atoms with van der Waals surface area (Å²) < 4.78 is 42.2. The normalized spacial score (nSPS) is 10.2. The molecule has 0 saturated carbocycles. The molecule has 0 radical (unpaired) electrons. The van der Waals surface area contributed by atoms with Gasteiger partial charge >= 0.3 is 6.01 Å². The van der Waals surface area contributed by atoms with Crippen molar-refractivity contribution in [2.45, 2.75) is 0 Å². The maximum Gasteiger partial charge on any atom is 0.328 e. The first-order valence-electron chi connectivity index (χ1n) is 5.33. The highest BCUT2D eigenvalue weighted by molar-refractivity contribution is 9.10. The van der Waals surface area contributed by atoms with Crippen LogP contribution in [0.1, 0.15) is 0 Å². The SMILES string of the molecule is COc1cc(OC)nc(Oc2cc(Br)cc(F)c2F)n1. The van der Waals surface area contributed by atoms with E-state index >= 15 is 0 Å². The van der Waals surface area contributed by atoms with E-state index < -0.39 is 11.6 Å². The number of hydrogen-bond acceptors (Lipinski definition) is 5. The van der Waals surface area contributed by atoms with E-state index in [9.17, 15) is 8.78 Å². The Bertz CT molecular complexity index is 618. The molecule has 1 heterocycles. The molecule has 8 heteroatoms. The largest absolute Gasteiger partial charge is 0.481 e. The zero-order valence-electron chi connectivity index (χ0n) is 10.5. The lowest BCUT2D eigenvalue weighted by molar-refractivity contribution is 0.340. The Morgan fingerprint density at radius 1 is 1.00 bits per heavy atom. The maximum atomic E-state index is 13.6. The molecule has 20 heavy (non-hydrogen) atoms. The van der Waals surface area contributed by atoms with Gasteiger partial charge in [-0.15, -0.1) is 0 Å². The van der Waals surface area contributed by atoms with Crippen LogP contribution in [0.2, 0.25) is 0 Å². The Morgan fingerprint density at radius 2 is 1.60 bits per heavy atom. The van der Waals surface area contributed by atoms with Crippen LogP contribution in [0, 0.1) is 11.6 Å². The number of halogens is 3. The fourth-order valence-corrected chi connectivity index (χ4v) is 1.75. The number of hydrogen-bond donors (Lipinski definition) is 0. The highest BCUT2D eigenvalue weighted by Gasteiger charge is 2.15. The minimum atomic E-state index is -1.14. The smallest absolute Gasteiger partial charge is 0.328 e. The lowest BCUT2D eigenvalue weighted by atomic mass is 10.3. The van der Waals surface area contributed by atoms with E-state index in [1.807, 2.05) is 0 Å². The van der Waals surface area contributed by atoms with Crippen LogP contribution in [0.5, 0.6) is 23.5 Å². The third-order valence-electron chi connectivity index (χ3n) is 2.24. The van der Waals surface area contributed by atoms with E-state index in [4.69, 9.17) is 14.2 Å². The van der Waals surface area contributed by atoms with E-state index in [-0.39, 0.29) is 23.5 Å². The van der Waals surface area contributed by atoms with Crippen molar-refractivity contribution in [3.05, 3.63) is 34.3 Å². The molecule has 1 aromatic heterocycles. The van der Waals surface area contributed by atoms with Crippen LogP contribution in [-0.2, 0) is 0 Å². The molecule has 0 fully saturated rings. The van der Waals surface area contributed by atoms with Crippen molar-refractivity contribution >= 4 is 15.9 Å². The van der Waals surface area contributed by atoms with Gasteiger partial charge in [0.1, 0.15) is 0 Å². The first-order chi connectivity index (χ1) is 9.53. The average Bonchev–Trinajstić information content (AvgIpc) is 2.43. The second-order valence-electron chi connectivity index (χ2n) is 3.54. The van der Waals surface area contributed by atoms with Crippen molar-refractivity contribution in [1.29, 1.82) is 0 Å². The summed E-state index contributed by atoms with van der Waals surface area (Å²) in [6.07, 6.45) is 0. The van der Waals surface area contributed by atoms with Crippen LogP contribution in [0.3, 0.4) is 0 Å². The zero-order valence-corrected chi connectivity index (χ0v) is 12.1. The topological polar surface area (TPSA) is 53.5 Å². The van der Waals surface area contributed by atoms with Gasteiger partial charge in [0.15, 0.2) is 11.6 Å². The molecule has 0 spiro atoms. The Morgan fingerprint density at radius 3 is 2.15 bits per heavy atom. The molecule has 0 aliphatic rings. The van der Waals surface area contributed by atoms with Gasteiger partial charge in [-0.25, -0.2) is 4.39 Å². The number of benzene rings is 1. The molecule has 2 aromatic rings. The first-order valence-corrected chi connectivity index (χ1v) is 6.12. The van der Waals surface area contributed by atoms with Gasteiger partial charge in [-0.3, -0.25) is 0 Å². The van der Waals surface area contributed by atoms with E-state index in [1.165, 1.54) is 26.4 Å². The fourth-order valence-electron chi connectivity index (χ4n) is 1.34. The van der Waals surface area contributed by atoms with Crippen molar-refractivity contribution in [3.8, 4) is 23.5 Å². The Hall–Kier alpha value is -1.96. The molecule has 0 aliphatic heterocycles. The van der Waals surface area contributed by atoms with Crippen LogP contribution in [0.4, 0.5) is 8.78 Å². The lowest BCUT2D eigenvalue weighted by Gasteiger charge is -2.08. The molecule has 5 nitrogen and oxygen atoms in total. The number of ether oxygens (including phenoxy) is 3. The van der Waals surface area contributed by atoms with Gasteiger partial charge in [-0.2, -0.15) is 14.4 Å². The average molecular weight is 347 g/mol. The van der Waals surface area contributed by atoms with Crippen molar-refractivity contribution in [2.75, 3.05) is 14.2 Å². The van der Waals surface area contributed by atoms with Gasteiger partial charge < -0.3 is 14.2 Å². The van der Waals surface area contributed by atoms with Crippen LogP contribution in [0.25, 0.3) is 0 Å². The van der Waals surface area contributed by atoms with E-state index in [0.29, 0.717) is 4.47 Å². The van der Waals surface area contributed by atoms with Gasteiger partial charge in [-0.05, 0) is 12.1 Å². The molecule has 2 rings (SSSR count). The number of nitrogens with zero attached hydrogens (tertiary/aromatic N) is 2. The quantitative estimate of drug-likeness (QED) is 0.795. The van der Waals surface area contributed by atoms with Gasteiger partial charge in [0.25, 0.3) is 0 Å². The van der Waals surface area contributed by atoms with E-state index in [0.717, 1.165) is 6.07 Å². The second-order valence-corrected chi connectivity index (χ2v) is 4.45. The van der Waals surface area contributed by atoms with Gasteiger partial charge in [0.05, 0.1) is 20.3 Å². The molecule has 0 amide bonds. The van der Waals surface area contributed by atoms with Crippen molar-refractivity contribution < 1.29 is 23.0 Å². The van der Waals surface area contributed by atoms with Crippen molar-refractivity contribution in [1.82, 2.24) is 9.97 Å². The molecule has 0 saturated heterocycles. The molecular weight excluding hydrogens is 338 g/mol. The summed E-state index contributed by atoms with van der Waals surface area (Å²) in [4.78, 5) is 7.71. The summed E-state index contributed by atoms with van der Waals surface area (Å²) in [6, 6.07) is 3.44. The second kappa shape index (κ2) is 6.00. The zero-order chi connectivity index (χ0) is 14.7. The molecule has 0 N–H and O–H groups in total. The highest BCUT2D eigenvalue weighted by atomic mass is 79.9.